The number of methoxy groups -OCH3 is 1. The van der Waals surface area contributed by atoms with Crippen LogP contribution in [0.15, 0.2) is 24.3 Å². The summed E-state index contributed by atoms with van der Waals surface area (Å²) in [7, 11) is 1.65. The fourth-order valence-corrected chi connectivity index (χ4v) is 1.41. The average molecular weight is 254 g/mol. The molecule has 3 N–H and O–H groups in total. The Morgan fingerprint density at radius 2 is 1.83 bits per heavy atom. The molecule has 0 aliphatic rings. The topological polar surface area (TPSA) is 62.8 Å². The molecule has 0 amide bonds. The second-order valence-electron chi connectivity index (χ2n) is 3.77. The summed E-state index contributed by atoms with van der Waals surface area (Å²) in [5.74, 6) is 0.844. The first kappa shape index (κ1) is 14.8. The minimum atomic E-state index is 0.174. The van der Waals surface area contributed by atoms with Crippen LogP contribution in [0, 0.1) is 0 Å². The predicted molar refractivity (Wildman–Crippen MR) is 72.3 cm³/mol. The van der Waals surface area contributed by atoms with Crippen molar-refractivity contribution in [3.63, 3.8) is 0 Å². The molecule has 0 aromatic heterocycles. The number of aliphatic hydroxyl groups excluding tert-OH is 1. The summed E-state index contributed by atoms with van der Waals surface area (Å²) >= 11 is 0. The Morgan fingerprint density at radius 1 is 1.06 bits per heavy atom. The highest BCUT2D eigenvalue weighted by Gasteiger charge is 1.95. The maximum atomic E-state index is 8.60. The van der Waals surface area contributed by atoms with Crippen LogP contribution in [0.5, 0.6) is 5.75 Å². The zero-order chi connectivity index (χ0) is 13.1. The molecule has 1 aromatic carbocycles. The van der Waals surface area contributed by atoms with Crippen LogP contribution in [0.3, 0.4) is 0 Å². The zero-order valence-electron chi connectivity index (χ0n) is 10.8. The van der Waals surface area contributed by atoms with Gasteiger partial charge in [0.05, 0.1) is 13.2 Å². The normalized spacial score (nSPS) is 10.3. The second kappa shape index (κ2) is 9.70. The van der Waals surface area contributed by atoms with Crippen molar-refractivity contribution in [1.29, 1.82) is 0 Å². The third kappa shape index (κ3) is 6.44. The Bertz CT molecular complexity index is 304. The van der Waals surface area contributed by atoms with E-state index < -0.39 is 0 Å². The smallest absolute Gasteiger partial charge is 0.119 e. The van der Waals surface area contributed by atoms with Crippen LogP contribution in [-0.4, -0.2) is 51.7 Å². The number of hydrogen-bond acceptors (Lipinski definition) is 5. The number of ether oxygens (including phenoxy) is 2. The van der Waals surface area contributed by atoms with E-state index in [2.05, 4.69) is 10.6 Å². The van der Waals surface area contributed by atoms with E-state index in [0.29, 0.717) is 19.8 Å². The van der Waals surface area contributed by atoms with E-state index in [0.717, 1.165) is 24.5 Å². The number of nitrogens with one attached hydrogen (secondary N) is 2. The Hall–Kier alpha value is -1.30. The summed E-state index contributed by atoms with van der Waals surface area (Å²) < 4.78 is 10.4. The third-order valence-electron chi connectivity index (χ3n) is 2.33. The van der Waals surface area contributed by atoms with Crippen molar-refractivity contribution < 1.29 is 14.6 Å². The van der Waals surface area contributed by atoms with Crippen LogP contribution >= 0.6 is 0 Å². The summed E-state index contributed by atoms with van der Waals surface area (Å²) in [4.78, 5) is 0. The van der Waals surface area contributed by atoms with E-state index in [-0.39, 0.29) is 6.61 Å². The van der Waals surface area contributed by atoms with Crippen LogP contribution in [0.4, 0.5) is 5.69 Å². The van der Waals surface area contributed by atoms with Crippen LogP contribution in [-0.2, 0) is 4.74 Å². The first-order valence-corrected chi connectivity index (χ1v) is 6.14. The van der Waals surface area contributed by atoms with E-state index in [1.807, 2.05) is 24.3 Å². The van der Waals surface area contributed by atoms with Gasteiger partial charge in [-0.2, -0.15) is 0 Å². The molecule has 1 aromatic rings. The van der Waals surface area contributed by atoms with Gasteiger partial charge in [-0.25, -0.2) is 0 Å². The molecular formula is C13H22N2O3. The lowest BCUT2D eigenvalue weighted by atomic mass is 10.3. The number of benzene rings is 1. The third-order valence-corrected chi connectivity index (χ3v) is 2.33. The standard InChI is InChI=1S/C13H22N2O3/c1-17-10-11-18-13-4-2-12(3-5-13)15-7-6-14-8-9-16/h2-5,14-16H,6-11H2,1H3. The van der Waals surface area contributed by atoms with Gasteiger partial charge in [0, 0.05) is 32.4 Å². The van der Waals surface area contributed by atoms with Gasteiger partial charge >= 0.3 is 0 Å². The molecule has 0 fully saturated rings. The van der Waals surface area contributed by atoms with Crippen LogP contribution < -0.4 is 15.4 Å². The highest BCUT2D eigenvalue weighted by molar-refractivity contribution is 5.46. The molecule has 0 radical (unpaired) electrons. The molecule has 1 rings (SSSR count). The summed E-state index contributed by atoms with van der Waals surface area (Å²) in [5.41, 5.74) is 1.06. The van der Waals surface area contributed by atoms with E-state index in [1.54, 1.807) is 7.11 Å². The molecule has 0 atom stereocenters. The number of rotatable bonds is 10. The summed E-state index contributed by atoms with van der Waals surface area (Å²) in [6, 6.07) is 7.82. The molecule has 0 saturated carbocycles. The SMILES string of the molecule is COCCOc1ccc(NCCNCCO)cc1. The maximum absolute atomic E-state index is 8.60. The molecule has 102 valence electrons. The maximum Gasteiger partial charge on any atom is 0.119 e. The van der Waals surface area contributed by atoms with Crippen LogP contribution in [0.25, 0.3) is 0 Å². The van der Waals surface area contributed by atoms with Crippen molar-refractivity contribution in [2.45, 2.75) is 0 Å². The van der Waals surface area contributed by atoms with Gasteiger partial charge in [0.2, 0.25) is 0 Å². The van der Waals surface area contributed by atoms with Crippen molar-refractivity contribution in [2.75, 3.05) is 51.9 Å². The van der Waals surface area contributed by atoms with Crippen molar-refractivity contribution in [3.8, 4) is 5.75 Å². The van der Waals surface area contributed by atoms with Crippen molar-refractivity contribution >= 4 is 5.69 Å². The molecule has 0 saturated heterocycles. The summed E-state index contributed by atoms with van der Waals surface area (Å²) in [6.45, 7) is 3.61. The molecule has 0 heterocycles. The average Bonchev–Trinajstić information content (AvgIpc) is 2.40. The van der Waals surface area contributed by atoms with Gasteiger partial charge in [0.25, 0.3) is 0 Å². The quantitative estimate of drug-likeness (QED) is 0.537. The highest BCUT2D eigenvalue weighted by Crippen LogP contribution is 2.15. The minimum Gasteiger partial charge on any atom is -0.491 e. The van der Waals surface area contributed by atoms with E-state index >= 15 is 0 Å². The first-order valence-electron chi connectivity index (χ1n) is 6.14. The van der Waals surface area contributed by atoms with Gasteiger partial charge in [-0.05, 0) is 24.3 Å². The zero-order valence-corrected chi connectivity index (χ0v) is 10.8. The number of hydrogen-bond donors (Lipinski definition) is 3. The molecule has 0 bridgehead atoms. The lowest BCUT2D eigenvalue weighted by Gasteiger charge is -2.09. The Kier molecular flexibility index (Phi) is 7.96. The Morgan fingerprint density at radius 3 is 2.50 bits per heavy atom. The van der Waals surface area contributed by atoms with Crippen molar-refractivity contribution in [1.82, 2.24) is 5.32 Å². The molecule has 5 heteroatoms. The fourth-order valence-electron chi connectivity index (χ4n) is 1.41. The molecule has 0 aliphatic heterocycles. The second-order valence-corrected chi connectivity index (χ2v) is 3.77. The van der Waals surface area contributed by atoms with Crippen LogP contribution in [0.2, 0.25) is 0 Å². The van der Waals surface area contributed by atoms with Gasteiger partial charge in [-0.3, -0.25) is 0 Å². The molecule has 0 aliphatic carbocycles. The molecule has 0 spiro atoms. The van der Waals surface area contributed by atoms with E-state index in [4.69, 9.17) is 14.6 Å². The lowest BCUT2D eigenvalue weighted by molar-refractivity contribution is 0.146. The summed E-state index contributed by atoms with van der Waals surface area (Å²) in [6.07, 6.45) is 0. The largest absolute Gasteiger partial charge is 0.491 e. The Balaban J connectivity index is 2.19. The van der Waals surface area contributed by atoms with Gasteiger partial charge in [0.15, 0.2) is 0 Å². The van der Waals surface area contributed by atoms with E-state index in [1.165, 1.54) is 0 Å². The molecule has 5 nitrogen and oxygen atoms in total. The van der Waals surface area contributed by atoms with Crippen molar-refractivity contribution in [2.24, 2.45) is 0 Å². The van der Waals surface area contributed by atoms with Gasteiger partial charge in [0.1, 0.15) is 12.4 Å². The predicted octanol–water partition coefficient (Wildman–Crippen LogP) is 0.706. The molecular weight excluding hydrogens is 232 g/mol. The van der Waals surface area contributed by atoms with E-state index in [9.17, 15) is 0 Å². The lowest BCUT2D eigenvalue weighted by Crippen LogP contribution is -2.24. The monoisotopic (exact) mass is 254 g/mol. The van der Waals surface area contributed by atoms with Crippen LogP contribution in [0.1, 0.15) is 0 Å². The Labute approximate surface area is 108 Å². The number of anilines is 1. The van der Waals surface area contributed by atoms with Gasteiger partial charge in [-0.15, -0.1) is 0 Å². The van der Waals surface area contributed by atoms with Gasteiger partial charge in [-0.1, -0.05) is 0 Å². The fraction of sp³-hybridized carbons (Fsp3) is 0.538. The highest BCUT2D eigenvalue weighted by atomic mass is 16.5. The van der Waals surface area contributed by atoms with Gasteiger partial charge < -0.3 is 25.2 Å². The minimum absolute atomic E-state index is 0.174. The molecule has 0 unspecified atom stereocenters. The van der Waals surface area contributed by atoms with Crippen molar-refractivity contribution in [3.05, 3.63) is 24.3 Å². The molecule has 18 heavy (non-hydrogen) atoms. The first-order chi connectivity index (χ1) is 8.86. The summed E-state index contributed by atoms with van der Waals surface area (Å²) in [5, 5.41) is 15.0. The number of aliphatic hydroxyl groups is 1.